The molecule has 6 nitrogen and oxygen atoms in total. The normalized spacial score (nSPS) is 10.9. The molecule has 0 radical (unpaired) electrons. The second-order valence-corrected chi connectivity index (χ2v) is 6.08. The Balaban J connectivity index is 1.87. The maximum atomic E-state index is 12.3. The van der Waals surface area contributed by atoms with E-state index in [0.29, 0.717) is 17.0 Å². The van der Waals surface area contributed by atoms with Crippen molar-refractivity contribution in [2.45, 2.75) is 0 Å². The highest BCUT2D eigenvalue weighted by molar-refractivity contribution is 6.33. The van der Waals surface area contributed by atoms with Crippen LogP contribution in [-0.2, 0) is 4.79 Å². The number of carboxylic acids is 1. The van der Waals surface area contributed by atoms with Crippen LogP contribution in [0.1, 0.15) is 16.1 Å². The number of furan rings is 1. The molecule has 7 heteroatoms. The second kappa shape index (κ2) is 8.25. The highest BCUT2D eigenvalue weighted by Crippen LogP contribution is 2.31. The highest BCUT2D eigenvalue weighted by atomic mass is 35.5. The minimum Gasteiger partial charge on any atom is -0.545 e. The minimum atomic E-state index is -1.34. The zero-order chi connectivity index (χ0) is 20.1. The maximum Gasteiger partial charge on any atom is 0.266 e. The summed E-state index contributed by atoms with van der Waals surface area (Å²) in [6, 6.07) is 17.7. The number of aromatic carboxylic acids is 1. The molecule has 0 saturated carbocycles. The first-order valence-corrected chi connectivity index (χ1v) is 8.45. The lowest BCUT2D eigenvalue weighted by Gasteiger charge is -2.06. The summed E-state index contributed by atoms with van der Waals surface area (Å²) in [5, 5.41) is 23.2. The van der Waals surface area contributed by atoms with Gasteiger partial charge in [-0.3, -0.25) is 4.79 Å². The Morgan fingerprint density at radius 2 is 1.86 bits per heavy atom. The number of carbonyl (C=O) groups is 2. The first-order valence-electron chi connectivity index (χ1n) is 8.07. The van der Waals surface area contributed by atoms with E-state index in [2.05, 4.69) is 5.32 Å². The van der Waals surface area contributed by atoms with E-state index in [0.717, 1.165) is 0 Å². The van der Waals surface area contributed by atoms with Gasteiger partial charge in [0.05, 0.1) is 11.0 Å². The van der Waals surface area contributed by atoms with Crippen LogP contribution >= 0.6 is 11.6 Å². The van der Waals surface area contributed by atoms with Crippen molar-refractivity contribution < 1.29 is 19.1 Å². The van der Waals surface area contributed by atoms with Crippen molar-refractivity contribution in [1.82, 2.24) is 0 Å². The number of hydrogen-bond donors (Lipinski definition) is 1. The smallest absolute Gasteiger partial charge is 0.266 e. The fourth-order valence-corrected chi connectivity index (χ4v) is 2.64. The number of rotatable bonds is 5. The lowest BCUT2D eigenvalue weighted by Crippen LogP contribution is -2.22. The molecule has 0 unspecified atom stereocenters. The number of nitrogens with zero attached hydrogens (tertiary/aromatic N) is 1. The molecule has 0 aliphatic rings. The van der Waals surface area contributed by atoms with Gasteiger partial charge in [0.1, 0.15) is 23.2 Å². The Kier molecular flexibility index (Phi) is 5.58. The summed E-state index contributed by atoms with van der Waals surface area (Å²) in [6.07, 6.45) is 1.29. The van der Waals surface area contributed by atoms with Crippen LogP contribution in [-0.4, -0.2) is 11.9 Å². The van der Waals surface area contributed by atoms with Crippen LogP contribution in [0, 0.1) is 11.3 Å². The van der Waals surface area contributed by atoms with Gasteiger partial charge in [-0.05, 0) is 42.0 Å². The molecule has 2 aromatic carbocycles. The first kappa shape index (κ1) is 19.0. The van der Waals surface area contributed by atoms with E-state index in [1.165, 1.54) is 24.3 Å². The summed E-state index contributed by atoms with van der Waals surface area (Å²) >= 11 is 6.11. The average molecular weight is 392 g/mol. The molecular formula is C21H12ClN2O4-. The third-order valence-electron chi connectivity index (χ3n) is 3.78. The van der Waals surface area contributed by atoms with Gasteiger partial charge < -0.3 is 19.6 Å². The van der Waals surface area contributed by atoms with Crippen molar-refractivity contribution in [1.29, 1.82) is 5.26 Å². The summed E-state index contributed by atoms with van der Waals surface area (Å²) in [5.41, 5.74) is 0.710. The van der Waals surface area contributed by atoms with Crippen LogP contribution in [0.5, 0.6) is 0 Å². The summed E-state index contributed by atoms with van der Waals surface area (Å²) in [6.45, 7) is 0. The van der Waals surface area contributed by atoms with E-state index in [-0.39, 0.29) is 21.9 Å². The molecule has 0 spiro atoms. The predicted molar refractivity (Wildman–Crippen MR) is 102 cm³/mol. The van der Waals surface area contributed by atoms with Crippen LogP contribution < -0.4 is 10.4 Å². The van der Waals surface area contributed by atoms with Gasteiger partial charge in [0.2, 0.25) is 0 Å². The zero-order valence-corrected chi connectivity index (χ0v) is 15.1. The maximum absolute atomic E-state index is 12.3. The van der Waals surface area contributed by atoms with Gasteiger partial charge in [-0.2, -0.15) is 5.26 Å². The molecule has 0 saturated heterocycles. The van der Waals surface area contributed by atoms with Crippen molar-refractivity contribution >= 4 is 35.2 Å². The Morgan fingerprint density at radius 1 is 1.11 bits per heavy atom. The Labute approximate surface area is 165 Å². The largest absolute Gasteiger partial charge is 0.545 e. The number of anilines is 1. The fraction of sp³-hybridized carbons (Fsp3) is 0. The number of amides is 1. The molecule has 28 heavy (non-hydrogen) atoms. The van der Waals surface area contributed by atoms with Gasteiger partial charge >= 0.3 is 0 Å². The number of nitrogens with one attached hydrogen (secondary N) is 1. The Morgan fingerprint density at radius 3 is 2.54 bits per heavy atom. The average Bonchev–Trinajstić information content (AvgIpc) is 3.15. The zero-order valence-electron chi connectivity index (χ0n) is 14.3. The molecular weight excluding hydrogens is 380 g/mol. The van der Waals surface area contributed by atoms with Crippen molar-refractivity contribution in [3.05, 3.63) is 82.6 Å². The molecule has 3 aromatic rings. The van der Waals surface area contributed by atoms with Crippen molar-refractivity contribution in [3.8, 4) is 17.4 Å². The molecule has 1 aromatic heterocycles. The van der Waals surface area contributed by atoms with E-state index in [4.69, 9.17) is 16.0 Å². The lowest BCUT2D eigenvalue weighted by atomic mass is 10.1. The van der Waals surface area contributed by atoms with Gasteiger partial charge in [-0.15, -0.1) is 0 Å². The molecule has 3 rings (SSSR count). The minimum absolute atomic E-state index is 0.0483. The summed E-state index contributed by atoms with van der Waals surface area (Å²) in [4.78, 5) is 23.3. The second-order valence-electron chi connectivity index (χ2n) is 5.67. The molecule has 138 valence electrons. The molecule has 0 atom stereocenters. The molecule has 1 heterocycles. The third kappa shape index (κ3) is 4.29. The molecule has 0 bridgehead atoms. The number of para-hydroxylation sites is 1. The predicted octanol–water partition coefficient (Wildman–Crippen LogP) is 3.51. The van der Waals surface area contributed by atoms with E-state index in [1.807, 2.05) is 12.1 Å². The highest BCUT2D eigenvalue weighted by Gasteiger charge is 2.13. The van der Waals surface area contributed by atoms with E-state index < -0.39 is 11.9 Å². The van der Waals surface area contributed by atoms with Crippen LogP contribution in [0.2, 0.25) is 5.02 Å². The third-order valence-corrected chi connectivity index (χ3v) is 4.11. The van der Waals surface area contributed by atoms with Crippen molar-refractivity contribution in [3.63, 3.8) is 0 Å². The quantitative estimate of drug-likeness (QED) is 0.529. The summed E-state index contributed by atoms with van der Waals surface area (Å²) < 4.78 is 5.61. The molecule has 0 aliphatic carbocycles. The number of halogens is 1. The lowest BCUT2D eigenvalue weighted by molar-refractivity contribution is -0.255. The molecule has 0 aliphatic heterocycles. The molecule has 0 fully saturated rings. The van der Waals surface area contributed by atoms with Crippen LogP contribution in [0.25, 0.3) is 17.4 Å². The monoisotopic (exact) mass is 391 g/mol. The topological polar surface area (TPSA) is 106 Å². The molecule has 1 amide bonds. The van der Waals surface area contributed by atoms with Gasteiger partial charge in [0, 0.05) is 17.3 Å². The Bertz CT molecular complexity index is 1110. The number of carbonyl (C=O) groups excluding carboxylic acids is 2. The number of nitriles is 1. The summed E-state index contributed by atoms with van der Waals surface area (Å²) in [5.74, 6) is -1.39. The van der Waals surface area contributed by atoms with Crippen LogP contribution in [0.15, 0.2) is 70.7 Å². The van der Waals surface area contributed by atoms with Crippen LogP contribution in [0.3, 0.4) is 0 Å². The molecule has 1 N–H and O–H groups in total. The van der Waals surface area contributed by atoms with E-state index in [1.54, 1.807) is 36.4 Å². The van der Waals surface area contributed by atoms with Crippen LogP contribution in [0.4, 0.5) is 5.69 Å². The van der Waals surface area contributed by atoms with E-state index in [9.17, 15) is 20.0 Å². The van der Waals surface area contributed by atoms with Gasteiger partial charge in [-0.25, -0.2) is 0 Å². The number of carboxylic acid groups (broad SMARTS) is 1. The van der Waals surface area contributed by atoms with Crippen molar-refractivity contribution in [2.75, 3.05) is 5.32 Å². The fourth-order valence-electron chi connectivity index (χ4n) is 2.43. The van der Waals surface area contributed by atoms with Crippen molar-refractivity contribution in [2.24, 2.45) is 0 Å². The first-order chi connectivity index (χ1) is 13.5. The van der Waals surface area contributed by atoms with Gasteiger partial charge in [0.15, 0.2) is 0 Å². The van der Waals surface area contributed by atoms with Gasteiger partial charge in [0.25, 0.3) is 5.91 Å². The SMILES string of the molecule is N#C/C(=C/c1ccc(-c2cc(C(=O)[O-])ccc2Cl)o1)C(=O)Nc1ccccc1. The Hall–Kier alpha value is -3.82. The number of benzene rings is 2. The number of hydrogen-bond acceptors (Lipinski definition) is 5. The summed E-state index contributed by atoms with van der Waals surface area (Å²) in [7, 11) is 0. The van der Waals surface area contributed by atoms with Gasteiger partial charge in [-0.1, -0.05) is 35.9 Å². The van der Waals surface area contributed by atoms with E-state index >= 15 is 0 Å². The standard InChI is InChI=1S/C21H13ClN2O4/c22-18-8-6-13(21(26)27)11-17(18)19-9-7-16(28-19)10-14(12-23)20(25)24-15-4-2-1-3-5-15/h1-11H,(H,24,25)(H,26,27)/p-1/b14-10-.